The molecule has 0 aliphatic carbocycles. The molecule has 6 nitrogen and oxygen atoms in total. The minimum atomic E-state index is 0.405. The van der Waals surface area contributed by atoms with Crippen LogP contribution in [-0.4, -0.2) is 26.2 Å². The van der Waals surface area contributed by atoms with Gasteiger partial charge >= 0.3 is 0 Å². The van der Waals surface area contributed by atoms with Crippen LogP contribution in [0.25, 0.3) is 105 Å². The van der Waals surface area contributed by atoms with Crippen molar-refractivity contribution in [3.05, 3.63) is 205 Å². The maximum atomic E-state index is 5.21. The maximum absolute atomic E-state index is 5.21. The van der Waals surface area contributed by atoms with E-state index in [2.05, 4.69) is 168 Å². The molecule has 0 spiro atoms. The fourth-order valence-corrected chi connectivity index (χ4v) is 8.87. The van der Waals surface area contributed by atoms with Gasteiger partial charge in [-0.15, -0.1) is 0 Å². The van der Waals surface area contributed by atoms with E-state index in [1.165, 1.54) is 21.8 Å². The molecule has 0 amide bonds. The maximum Gasteiger partial charge on any atom is 0.160 e. The van der Waals surface area contributed by atoms with Gasteiger partial charge in [0.1, 0.15) is 6.67 Å². The van der Waals surface area contributed by atoms with Crippen LogP contribution in [0.15, 0.2) is 204 Å². The van der Waals surface area contributed by atoms with Crippen LogP contribution in [-0.2, 0) is 0 Å². The number of para-hydroxylation sites is 3. The Balaban J connectivity index is 0.970. The van der Waals surface area contributed by atoms with Crippen LogP contribution in [0.1, 0.15) is 0 Å². The third-order valence-electron chi connectivity index (χ3n) is 11.7. The summed E-state index contributed by atoms with van der Waals surface area (Å²) in [4.78, 5) is 25.4. The molecule has 4 heterocycles. The molecule has 0 saturated heterocycles. The molecule has 6 heteroatoms. The van der Waals surface area contributed by atoms with Gasteiger partial charge in [-0.2, -0.15) is 0 Å². The van der Waals surface area contributed by atoms with Gasteiger partial charge in [0.05, 0.1) is 44.3 Å². The first-order valence-electron chi connectivity index (χ1n) is 20.2. The van der Waals surface area contributed by atoms with E-state index in [4.69, 9.17) is 24.9 Å². The zero-order chi connectivity index (χ0) is 39.6. The predicted octanol–water partition coefficient (Wildman–Crippen LogP) is 11.8. The summed E-state index contributed by atoms with van der Waals surface area (Å²) in [5.41, 5.74) is 13.2. The summed E-state index contributed by atoms with van der Waals surface area (Å²) < 4.78 is 2.34. The van der Waals surface area contributed by atoms with Crippen molar-refractivity contribution in [1.29, 1.82) is 0 Å². The molecule has 12 rings (SSSR count). The fraction of sp³-hybridized carbons (Fsp3) is 0.0185. The van der Waals surface area contributed by atoms with Crippen LogP contribution in [0.3, 0.4) is 0 Å². The van der Waals surface area contributed by atoms with Crippen molar-refractivity contribution in [1.82, 2.24) is 19.5 Å². The molecule has 0 bridgehead atoms. The summed E-state index contributed by atoms with van der Waals surface area (Å²) in [5.74, 6) is 0.680. The van der Waals surface area contributed by atoms with Crippen LogP contribution in [0, 0.1) is 0 Å². The van der Waals surface area contributed by atoms with Gasteiger partial charge in [0.15, 0.2) is 5.82 Å². The van der Waals surface area contributed by atoms with E-state index in [1.54, 1.807) is 0 Å². The highest BCUT2D eigenvalue weighted by Crippen LogP contribution is 2.36. The number of aromatic nitrogens is 4. The predicted molar refractivity (Wildman–Crippen MR) is 244 cm³/mol. The number of hydrogen-bond acceptors (Lipinski definition) is 5. The summed E-state index contributed by atoms with van der Waals surface area (Å²) in [6.45, 7) is 0.405. The van der Waals surface area contributed by atoms with Gasteiger partial charge < -0.3 is 4.57 Å². The summed E-state index contributed by atoms with van der Waals surface area (Å²) in [6.07, 6.45) is 0. The molecule has 0 unspecified atom stereocenters. The second kappa shape index (κ2) is 13.8. The largest absolute Gasteiger partial charge is 0.309 e. The zero-order valence-electron chi connectivity index (χ0n) is 32.4. The first kappa shape index (κ1) is 34.0. The highest BCUT2D eigenvalue weighted by atomic mass is 15.0. The zero-order valence-corrected chi connectivity index (χ0v) is 32.4. The van der Waals surface area contributed by atoms with Gasteiger partial charge in [0, 0.05) is 60.4 Å². The molecule has 1 aliphatic heterocycles. The number of hydrogen-bond donors (Lipinski definition) is 0. The smallest absolute Gasteiger partial charge is 0.160 e. The molecule has 280 valence electrons. The summed E-state index contributed by atoms with van der Waals surface area (Å²) >= 11 is 0. The molecule has 1 aliphatic rings. The molecule has 0 saturated carbocycles. The van der Waals surface area contributed by atoms with Gasteiger partial charge in [-0.3, -0.25) is 9.98 Å². The Morgan fingerprint density at radius 1 is 0.383 bits per heavy atom. The van der Waals surface area contributed by atoms with E-state index in [-0.39, 0.29) is 0 Å². The Morgan fingerprint density at radius 2 is 0.917 bits per heavy atom. The Morgan fingerprint density at radius 3 is 1.58 bits per heavy atom. The number of rotatable bonds is 6. The van der Waals surface area contributed by atoms with E-state index in [1.807, 2.05) is 30.3 Å². The summed E-state index contributed by atoms with van der Waals surface area (Å²) in [6, 6.07) is 67.9. The topological polar surface area (TPSA) is 68.3 Å². The van der Waals surface area contributed by atoms with Gasteiger partial charge in [-0.05, 0) is 48.0 Å². The average Bonchev–Trinajstić information content (AvgIpc) is 3.95. The second-order valence-corrected chi connectivity index (χ2v) is 15.2. The van der Waals surface area contributed by atoms with Crippen molar-refractivity contribution >= 4 is 43.5 Å². The minimum Gasteiger partial charge on any atom is -0.309 e. The standard InChI is InChI=1S/C54H34N6/c1-3-13-37(14-4-1)51-44-31-43(52-53(56-33-55-52)50(44)42-19-7-10-20-45(42)57-51)34-23-25-35(26-24-34)46-32-47(59-54(58-46)38-15-5-2-6-16-38)36-27-29-39(30-28-36)60-48-21-11-8-17-40(48)41-18-9-12-22-49(41)60/h1-32H,33H2. The highest BCUT2D eigenvalue weighted by Gasteiger charge is 2.19. The first-order chi connectivity index (χ1) is 29.7. The van der Waals surface area contributed by atoms with E-state index in [0.29, 0.717) is 12.5 Å². The van der Waals surface area contributed by atoms with E-state index in [0.717, 1.165) is 88.5 Å². The van der Waals surface area contributed by atoms with E-state index >= 15 is 0 Å². The van der Waals surface area contributed by atoms with Gasteiger partial charge in [0.25, 0.3) is 0 Å². The highest BCUT2D eigenvalue weighted by molar-refractivity contribution is 6.12. The van der Waals surface area contributed by atoms with Gasteiger partial charge in [-0.1, -0.05) is 152 Å². The second-order valence-electron chi connectivity index (χ2n) is 15.2. The van der Waals surface area contributed by atoms with Crippen LogP contribution < -0.4 is 10.7 Å². The average molecular weight is 767 g/mol. The number of fused-ring (bicyclic) bond motifs is 8. The fourth-order valence-electron chi connectivity index (χ4n) is 8.87. The van der Waals surface area contributed by atoms with E-state index < -0.39 is 0 Å². The van der Waals surface area contributed by atoms with Crippen molar-refractivity contribution in [3.63, 3.8) is 0 Å². The minimum absolute atomic E-state index is 0.405. The molecular formula is C54H34N6. The lowest BCUT2D eigenvalue weighted by Gasteiger charge is -2.13. The quantitative estimate of drug-likeness (QED) is 0.158. The molecule has 60 heavy (non-hydrogen) atoms. The molecule has 0 N–H and O–H groups in total. The number of benzene rings is 8. The number of pyridine rings is 1. The van der Waals surface area contributed by atoms with Crippen LogP contribution >= 0.6 is 0 Å². The van der Waals surface area contributed by atoms with Crippen LogP contribution in [0.4, 0.5) is 0 Å². The van der Waals surface area contributed by atoms with Crippen molar-refractivity contribution in [2.75, 3.05) is 6.67 Å². The van der Waals surface area contributed by atoms with Gasteiger partial charge in [0.2, 0.25) is 0 Å². The molecule has 11 aromatic rings. The molecule has 3 aromatic heterocycles. The van der Waals surface area contributed by atoms with E-state index in [9.17, 15) is 0 Å². The lowest BCUT2D eigenvalue weighted by atomic mass is 9.94. The Bertz CT molecular complexity index is 3540. The SMILES string of the molecule is c1ccc(-c2nc(-c3ccc(-c4cc5c(-c6ccccc6)nc6ccccc6c5c5c4=NCN=5)cc3)cc(-c3ccc(-n4c5ccccc5c5ccccc54)cc3)n2)cc1. The van der Waals surface area contributed by atoms with Crippen molar-refractivity contribution in [3.8, 4) is 62.0 Å². The van der Waals surface area contributed by atoms with Crippen molar-refractivity contribution in [2.45, 2.75) is 0 Å². The van der Waals surface area contributed by atoms with Crippen molar-refractivity contribution in [2.24, 2.45) is 9.98 Å². The Hall–Kier alpha value is -8.09. The van der Waals surface area contributed by atoms with Gasteiger partial charge in [-0.25, -0.2) is 15.0 Å². The number of nitrogens with zero attached hydrogens (tertiary/aromatic N) is 6. The summed E-state index contributed by atoms with van der Waals surface area (Å²) in [7, 11) is 0. The third kappa shape index (κ3) is 5.53. The van der Waals surface area contributed by atoms with Crippen LogP contribution in [0.2, 0.25) is 0 Å². The molecular weight excluding hydrogens is 733 g/mol. The summed E-state index contributed by atoms with van der Waals surface area (Å²) in [5, 5.41) is 7.59. The Labute approximate surface area is 345 Å². The molecule has 0 atom stereocenters. The molecule has 0 fully saturated rings. The normalized spacial score (nSPS) is 12.2. The lowest BCUT2D eigenvalue weighted by molar-refractivity contribution is 1.06. The third-order valence-corrected chi connectivity index (χ3v) is 11.7. The van der Waals surface area contributed by atoms with Crippen LogP contribution in [0.5, 0.6) is 0 Å². The molecule has 0 radical (unpaired) electrons. The van der Waals surface area contributed by atoms with Crippen molar-refractivity contribution < 1.29 is 0 Å². The lowest BCUT2D eigenvalue weighted by Crippen LogP contribution is -2.25. The molecule has 8 aromatic carbocycles. The monoisotopic (exact) mass is 766 g/mol. The Kier molecular flexibility index (Phi) is 7.81. The first-order valence-corrected chi connectivity index (χ1v) is 20.2.